The molecule has 0 saturated heterocycles. The van der Waals surface area contributed by atoms with Gasteiger partial charge < -0.3 is 0 Å². The lowest BCUT2D eigenvalue weighted by Crippen LogP contribution is -2.15. The predicted octanol–water partition coefficient (Wildman–Crippen LogP) is 2.91. The van der Waals surface area contributed by atoms with E-state index >= 15 is 0 Å². The molecule has 0 spiro atoms. The molecule has 0 aromatic rings. The molecule has 12 heavy (non-hydrogen) atoms. The molecule has 0 saturated carbocycles. The van der Waals surface area contributed by atoms with Gasteiger partial charge in [-0.3, -0.25) is 0 Å². The van der Waals surface area contributed by atoms with Gasteiger partial charge in [-0.15, -0.1) is 0 Å². The van der Waals surface area contributed by atoms with Crippen molar-refractivity contribution >= 4 is 0 Å². The summed E-state index contributed by atoms with van der Waals surface area (Å²) in [6.45, 7) is 0. The zero-order chi connectivity index (χ0) is 9.14. The molecule has 6 heteroatoms. The summed E-state index contributed by atoms with van der Waals surface area (Å²) in [5.41, 5.74) is -1.13. The van der Waals surface area contributed by atoms with Crippen molar-refractivity contribution in [2.24, 2.45) is 0 Å². The number of hydrogen-bond donors (Lipinski definition) is 0. The van der Waals surface area contributed by atoms with Crippen LogP contribution in [0.5, 0.6) is 0 Å². The minimum atomic E-state index is -1.22. The van der Waals surface area contributed by atoms with E-state index in [4.69, 9.17) is 0 Å². The monoisotopic (exact) mass is 184 g/mol. The van der Waals surface area contributed by atoms with Gasteiger partial charge in [0.05, 0.1) is 0 Å². The number of allylic oxidation sites excluding steroid dienone is 2. The van der Waals surface area contributed by atoms with Crippen LogP contribution in [0.15, 0.2) is 11.4 Å². The quantitative estimate of drug-likeness (QED) is 0.481. The molecule has 1 aliphatic carbocycles. The molecule has 70 valence electrons. The van der Waals surface area contributed by atoms with Crippen molar-refractivity contribution in [2.75, 3.05) is 0 Å². The zero-order valence-corrected chi connectivity index (χ0v) is 6.23. The molecule has 0 amide bonds. The highest BCUT2D eigenvalue weighted by atomic mass is 19.4. The van der Waals surface area contributed by atoms with Gasteiger partial charge in [0.25, 0.3) is 0 Å². The summed E-state index contributed by atoms with van der Waals surface area (Å²) in [6, 6.07) is 0. The first-order valence-corrected chi connectivity index (χ1v) is 3.58. The number of hydrogen-bond acceptors (Lipinski definition) is 2. The highest BCUT2D eigenvalue weighted by Crippen LogP contribution is 2.30. The van der Waals surface area contributed by atoms with Crippen molar-refractivity contribution in [1.82, 2.24) is 10.7 Å². The molecule has 2 nitrogen and oxygen atoms in total. The van der Waals surface area contributed by atoms with Gasteiger partial charge in [-0.1, -0.05) is 17.9 Å². The van der Waals surface area contributed by atoms with Gasteiger partial charge in [0.1, 0.15) is 11.4 Å². The van der Waals surface area contributed by atoms with E-state index in [1.54, 1.807) is 0 Å². The van der Waals surface area contributed by atoms with E-state index in [0.717, 1.165) is 0 Å². The molecule has 0 bridgehead atoms. The summed E-state index contributed by atoms with van der Waals surface area (Å²) < 4.78 is 47.8. The second-order valence-electron chi connectivity index (χ2n) is 2.57. The van der Waals surface area contributed by atoms with Crippen LogP contribution in [-0.4, -0.2) is 10.7 Å². The average molecular weight is 184 g/mol. The predicted molar refractivity (Wildman–Crippen MR) is 33.6 cm³/mol. The third-order valence-electron chi connectivity index (χ3n) is 1.82. The lowest BCUT2D eigenvalue weighted by atomic mass is 10.0. The second-order valence-corrected chi connectivity index (χ2v) is 2.57. The third kappa shape index (κ3) is 1.80. The van der Waals surface area contributed by atoms with Crippen LogP contribution in [0.25, 0.3) is 0 Å². The molecular formula is C6H8F4N2. The molecule has 0 aliphatic heterocycles. The number of rotatable bonds is 2. The molecule has 0 unspecified atom stereocenters. The van der Waals surface area contributed by atoms with Crippen molar-refractivity contribution in [3.63, 3.8) is 0 Å². The average Bonchev–Trinajstić information content (AvgIpc) is 2.04. The van der Waals surface area contributed by atoms with E-state index in [-0.39, 0.29) is 12.8 Å². The summed E-state index contributed by atoms with van der Waals surface area (Å²) in [5.74, 6) is 0. The maximum Gasteiger partial charge on any atom is 0.107 e. The summed E-state index contributed by atoms with van der Waals surface area (Å²) >= 11 is 0. The van der Waals surface area contributed by atoms with E-state index in [9.17, 15) is 17.9 Å². The fourth-order valence-corrected chi connectivity index (χ4v) is 1.24. The normalized spacial score (nSPS) is 18.0. The van der Waals surface area contributed by atoms with Crippen molar-refractivity contribution in [3.8, 4) is 0 Å². The van der Waals surface area contributed by atoms with E-state index in [1.807, 2.05) is 0 Å². The van der Waals surface area contributed by atoms with Crippen molar-refractivity contribution in [2.45, 2.75) is 25.7 Å². The van der Waals surface area contributed by atoms with Gasteiger partial charge in [-0.25, -0.2) is 0 Å². The maximum atomic E-state index is 11.9. The SMILES string of the molecule is FN(F)C1=C(N(F)F)CCCC1. The molecular weight excluding hydrogens is 176 g/mol. The molecule has 0 heterocycles. The molecule has 0 fully saturated rings. The first-order valence-electron chi connectivity index (χ1n) is 3.58. The largest absolute Gasteiger partial charge is 0.107 e. The summed E-state index contributed by atoms with van der Waals surface area (Å²) in [5, 5.41) is -2.44. The molecule has 1 aliphatic rings. The Balaban J connectivity index is 2.83. The Hall–Kier alpha value is -0.940. The smallest absolute Gasteiger partial charge is 0.0669 e. The van der Waals surface area contributed by atoms with Crippen LogP contribution in [0, 0.1) is 0 Å². The van der Waals surface area contributed by atoms with Gasteiger partial charge >= 0.3 is 0 Å². The maximum absolute atomic E-state index is 11.9. The van der Waals surface area contributed by atoms with E-state index in [1.165, 1.54) is 0 Å². The first kappa shape index (κ1) is 9.15. The summed E-state index contributed by atoms with van der Waals surface area (Å²) in [4.78, 5) is 0. The van der Waals surface area contributed by atoms with Crippen molar-refractivity contribution < 1.29 is 17.9 Å². The first-order chi connectivity index (χ1) is 5.63. The van der Waals surface area contributed by atoms with Crippen LogP contribution < -0.4 is 0 Å². The minimum Gasteiger partial charge on any atom is -0.0669 e. The van der Waals surface area contributed by atoms with Crippen LogP contribution in [0.4, 0.5) is 17.9 Å². The summed E-state index contributed by atoms with van der Waals surface area (Å²) in [6.07, 6.45) is 1.12. The Morgan fingerprint density at radius 3 is 1.33 bits per heavy atom. The molecule has 1 rings (SSSR count). The molecule has 0 atom stereocenters. The van der Waals surface area contributed by atoms with E-state index in [0.29, 0.717) is 12.8 Å². The van der Waals surface area contributed by atoms with Gasteiger partial charge in [0.15, 0.2) is 0 Å². The number of nitrogens with zero attached hydrogens (tertiary/aromatic N) is 2. The lowest BCUT2D eigenvalue weighted by molar-refractivity contribution is -0.152. The third-order valence-corrected chi connectivity index (χ3v) is 1.82. The zero-order valence-electron chi connectivity index (χ0n) is 6.23. The fraction of sp³-hybridized carbons (Fsp3) is 0.667. The Morgan fingerprint density at radius 2 is 1.08 bits per heavy atom. The molecule has 0 radical (unpaired) electrons. The Morgan fingerprint density at radius 1 is 0.750 bits per heavy atom. The van der Waals surface area contributed by atoms with Gasteiger partial charge in [0, 0.05) is 0 Å². The summed E-state index contributed by atoms with van der Waals surface area (Å²) in [7, 11) is 0. The van der Waals surface area contributed by atoms with Crippen LogP contribution in [0.2, 0.25) is 0 Å². The second kappa shape index (κ2) is 3.64. The van der Waals surface area contributed by atoms with Gasteiger partial charge in [0.2, 0.25) is 0 Å². The Bertz CT molecular complexity index is 170. The standard InChI is InChI=1S/C6H8F4N2/c7-11(8)5-3-1-2-4-6(5)12(9)10/h1-4H2. The van der Waals surface area contributed by atoms with E-state index < -0.39 is 22.1 Å². The van der Waals surface area contributed by atoms with Crippen LogP contribution >= 0.6 is 0 Å². The molecule has 0 aromatic carbocycles. The Kier molecular flexibility index (Phi) is 2.78. The highest BCUT2D eigenvalue weighted by molar-refractivity contribution is 5.10. The van der Waals surface area contributed by atoms with Gasteiger partial charge in [-0.2, -0.15) is 0 Å². The Labute approximate surface area is 66.8 Å². The van der Waals surface area contributed by atoms with Crippen molar-refractivity contribution in [1.29, 1.82) is 0 Å². The lowest BCUT2D eigenvalue weighted by Gasteiger charge is -2.19. The minimum absolute atomic E-state index is 0.0205. The van der Waals surface area contributed by atoms with Crippen LogP contribution in [0.1, 0.15) is 25.7 Å². The van der Waals surface area contributed by atoms with Gasteiger partial charge in [-0.05, 0) is 36.4 Å². The van der Waals surface area contributed by atoms with Crippen LogP contribution in [-0.2, 0) is 0 Å². The fourth-order valence-electron chi connectivity index (χ4n) is 1.24. The van der Waals surface area contributed by atoms with Crippen LogP contribution in [0.3, 0.4) is 0 Å². The molecule has 0 N–H and O–H groups in total. The van der Waals surface area contributed by atoms with Crippen molar-refractivity contribution in [3.05, 3.63) is 11.4 Å². The highest BCUT2D eigenvalue weighted by Gasteiger charge is 2.23. The van der Waals surface area contributed by atoms with E-state index in [2.05, 4.69) is 0 Å². The number of halogens is 4. The molecule has 0 aromatic heterocycles. The topological polar surface area (TPSA) is 6.48 Å².